The number of hydroxylamine groups is 1. The third kappa shape index (κ3) is 2.63. The number of hydrogen-bond acceptors (Lipinski definition) is 2. The summed E-state index contributed by atoms with van der Waals surface area (Å²) in [5, 5.41) is 8.54. The highest BCUT2D eigenvalue weighted by Crippen LogP contribution is 2.02. The molecule has 0 aliphatic heterocycles. The maximum Gasteiger partial charge on any atom is 0.0523 e. The highest BCUT2D eigenvalue weighted by atomic mass is 16.5. The number of allylic oxidation sites excluding steroid dienone is 1. The van der Waals surface area contributed by atoms with E-state index in [1.165, 1.54) is 5.57 Å². The summed E-state index contributed by atoms with van der Waals surface area (Å²) in [5.41, 5.74) is 3.41. The van der Waals surface area contributed by atoms with Gasteiger partial charge in [0.05, 0.1) is 6.04 Å². The van der Waals surface area contributed by atoms with E-state index in [9.17, 15) is 0 Å². The van der Waals surface area contributed by atoms with E-state index >= 15 is 0 Å². The van der Waals surface area contributed by atoms with Gasteiger partial charge in [0.25, 0.3) is 0 Å². The molecule has 0 bridgehead atoms. The second-order valence-corrected chi connectivity index (χ2v) is 2.12. The van der Waals surface area contributed by atoms with Crippen molar-refractivity contribution in [1.82, 2.24) is 5.48 Å². The smallest absolute Gasteiger partial charge is 0.0523 e. The van der Waals surface area contributed by atoms with Gasteiger partial charge in [-0.15, -0.1) is 0 Å². The van der Waals surface area contributed by atoms with Crippen LogP contribution in [0.1, 0.15) is 27.2 Å². The summed E-state index contributed by atoms with van der Waals surface area (Å²) in [4.78, 5) is 0. The average Bonchev–Trinajstić information content (AvgIpc) is 1.90. The Morgan fingerprint density at radius 3 is 2.44 bits per heavy atom. The molecular weight excluding hydrogens is 114 g/mol. The molecule has 2 heteroatoms. The molecule has 0 fully saturated rings. The van der Waals surface area contributed by atoms with Crippen molar-refractivity contribution in [3.63, 3.8) is 0 Å². The molecule has 1 atom stereocenters. The lowest BCUT2D eigenvalue weighted by molar-refractivity contribution is 0.137. The lowest BCUT2D eigenvalue weighted by Gasteiger charge is -2.11. The molecular formula is C7H15NO. The molecule has 2 N–H and O–H groups in total. The van der Waals surface area contributed by atoms with Crippen LogP contribution in [0.5, 0.6) is 0 Å². The van der Waals surface area contributed by atoms with Gasteiger partial charge in [0.15, 0.2) is 0 Å². The molecule has 0 aromatic rings. The van der Waals surface area contributed by atoms with Gasteiger partial charge >= 0.3 is 0 Å². The Balaban J connectivity index is 3.79. The Morgan fingerprint density at radius 1 is 1.78 bits per heavy atom. The molecule has 0 saturated carbocycles. The van der Waals surface area contributed by atoms with Crippen molar-refractivity contribution in [1.29, 1.82) is 0 Å². The van der Waals surface area contributed by atoms with Crippen LogP contribution in [0.25, 0.3) is 0 Å². The lowest BCUT2D eigenvalue weighted by atomic mass is 10.1. The van der Waals surface area contributed by atoms with Crippen molar-refractivity contribution >= 4 is 0 Å². The molecule has 1 unspecified atom stereocenters. The van der Waals surface area contributed by atoms with Gasteiger partial charge < -0.3 is 5.21 Å². The van der Waals surface area contributed by atoms with E-state index < -0.39 is 0 Å². The van der Waals surface area contributed by atoms with Gasteiger partial charge in [0, 0.05) is 0 Å². The van der Waals surface area contributed by atoms with Crippen LogP contribution < -0.4 is 5.48 Å². The van der Waals surface area contributed by atoms with Crippen LogP contribution >= 0.6 is 0 Å². The summed E-state index contributed by atoms with van der Waals surface area (Å²) < 4.78 is 0. The maximum absolute atomic E-state index is 8.54. The van der Waals surface area contributed by atoms with E-state index in [-0.39, 0.29) is 6.04 Å². The van der Waals surface area contributed by atoms with Crippen molar-refractivity contribution in [2.75, 3.05) is 0 Å². The van der Waals surface area contributed by atoms with Gasteiger partial charge in [-0.1, -0.05) is 18.6 Å². The molecule has 0 aromatic carbocycles. The zero-order valence-electron chi connectivity index (χ0n) is 6.31. The predicted octanol–water partition coefficient (Wildman–Crippen LogP) is 1.71. The van der Waals surface area contributed by atoms with Gasteiger partial charge in [-0.3, -0.25) is 0 Å². The molecule has 0 rings (SSSR count). The van der Waals surface area contributed by atoms with E-state index in [0.717, 1.165) is 6.42 Å². The van der Waals surface area contributed by atoms with Crippen molar-refractivity contribution in [2.24, 2.45) is 0 Å². The van der Waals surface area contributed by atoms with E-state index in [1.54, 1.807) is 0 Å². The van der Waals surface area contributed by atoms with Gasteiger partial charge in [0.1, 0.15) is 0 Å². The molecule has 9 heavy (non-hydrogen) atoms. The molecule has 54 valence electrons. The Kier molecular flexibility index (Phi) is 4.36. The Morgan fingerprint density at radius 2 is 2.33 bits per heavy atom. The topological polar surface area (TPSA) is 32.3 Å². The highest BCUT2D eigenvalue weighted by Gasteiger charge is 2.03. The van der Waals surface area contributed by atoms with Crippen LogP contribution in [0.3, 0.4) is 0 Å². The summed E-state index contributed by atoms with van der Waals surface area (Å²) in [6, 6.07) is 0.134. The SMILES string of the molecule is C/C=C(/C)C(CC)NO. The highest BCUT2D eigenvalue weighted by molar-refractivity contribution is 5.04. The molecule has 2 nitrogen and oxygen atoms in total. The second kappa shape index (κ2) is 4.53. The third-order valence-electron chi connectivity index (χ3n) is 1.57. The maximum atomic E-state index is 8.54. The van der Waals surface area contributed by atoms with E-state index in [2.05, 4.69) is 5.48 Å². The van der Waals surface area contributed by atoms with Crippen LogP contribution in [-0.4, -0.2) is 11.2 Å². The van der Waals surface area contributed by atoms with Crippen molar-refractivity contribution in [3.05, 3.63) is 11.6 Å². The minimum atomic E-state index is 0.134. The molecule has 0 aromatic heterocycles. The largest absolute Gasteiger partial charge is 0.316 e. The Bertz CT molecular complexity index is 95.1. The zero-order valence-corrected chi connectivity index (χ0v) is 6.31. The van der Waals surface area contributed by atoms with E-state index in [0.29, 0.717) is 0 Å². The Labute approximate surface area is 56.5 Å². The molecule has 0 spiro atoms. The summed E-state index contributed by atoms with van der Waals surface area (Å²) in [7, 11) is 0. The van der Waals surface area contributed by atoms with Crippen molar-refractivity contribution < 1.29 is 5.21 Å². The van der Waals surface area contributed by atoms with Gasteiger partial charge in [-0.2, -0.15) is 5.48 Å². The van der Waals surface area contributed by atoms with E-state index in [4.69, 9.17) is 5.21 Å². The van der Waals surface area contributed by atoms with Crippen molar-refractivity contribution in [2.45, 2.75) is 33.2 Å². The number of rotatable bonds is 3. The van der Waals surface area contributed by atoms with Crippen LogP contribution in [0.2, 0.25) is 0 Å². The van der Waals surface area contributed by atoms with E-state index in [1.807, 2.05) is 26.8 Å². The van der Waals surface area contributed by atoms with Crippen LogP contribution in [-0.2, 0) is 0 Å². The third-order valence-corrected chi connectivity index (χ3v) is 1.57. The van der Waals surface area contributed by atoms with Gasteiger partial charge in [-0.25, -0.2) is 0 Å². The minimum Gasteiger partial charge on any atom is -0.316 e. The first-order valence-corrected chi connectivity index (χ1v) is 3.28. The first-order valence-electron chi connectivity index (χ1n) is 3.28. The summed E-state index contributed by atoms with van der Waals surface area (Å²) in [6.45, 7) is 5.99. The summed E-state index contributed by atoms with van der Waals surface area (Å²) in [5.74, 6) is 0. The van der Waals surface area contributed by atoms with Gasteiger partial charge in [-0.05, 0) is 20.3 Å². The lowest BCUT2D eigenvalue weighted by Crippen LogP contribution is -2.25. The first-order chi connectivity index (χ1) is 4.26. The Hall–Kier alpha value is -0.340. The van der Waals surface area contributed by atoms with Crippen LogP contribution in [0.4, 0.5) is 0 Å². The summed E-state index contributed by atoms with van der Waals surface area (Å²) >= 11 is 0. The van der Waals surface area contributed by atoms with Gasteiger partial charge in [0.2, 0.25) is 0 Å². The fraction of sp³-hybridized carbons (Fsp3) is 0.714. The standard InChI is InChI=1S/C7H15NO/c1-4-6(3)7(5-2)8-9/h4,7-9H,5H2,1-3H3/b6-4-. The molecule has 0 amide bonds. The fourth-order valence-electron chi connectivity index (χ4n) is 0.716. The first kappa shape index (κ1) is 8.66. The number of nitrogens with one attached hydrogen (secondary N) is 1. The fourth-order valence-corrected chi connectivity index (χ4v) is 0.716. The normalized spacial score (nSPS) is 15.8. The average molecular weight is 129 g/mol. The molecule has 0 radical (unpaired) electrons. The summed E-state index contributed by atoms with van der Waals surface area (Å²) in [6.07, 6.45) is 2.92. The molecule has 0 saturated heterocycles. The molecule has 0 aliphatic rings. The van der Waals surface area contributed by atoms with Crippen molar-refractivity contribution in [3.8, 4) is 0 Å². The number of hydrogen-bond donors (Lipinski definition) is 2. The quantitative estimate of drug-likeness (QED) is 0.449. The second-order valence-electron chi connectivity index (χ2n) is 2.12. The van der Waals surface area contributed by atoms with Crippen LogP contribution in [0, 0.1) is 0 Å². The predicted molar refractivity (Wildman–Crippen MR) is 38.4 cm³/mol. The zero-order chi connectivity index (χ0) is 7.28. The molecule has 0 heterocycles. The minimum absolute atomic E-state index is 0.134. The van der Waals surface area contributed by atoms with Crippen LogP contribution in [0.15, 0.2) is 11.6 Å². The molecule has 0 aliphatic carbocycles. The monoisotopic (exact) mass is 129 g/mol.